The zero-order valence-corrected chi connectivity index (χ0v) is 10.4. The second-order valence-corrected chi connectivity index (χ2v) is 4.80. The van der Waals surface area contributed by atoms with E-state index in [0.717, 1.165) is 12.5 Å². The number of hydrogen-bond donors (Lipinski definition) is 1. The first-order chi connectivity index (χ1) is 8.22. The number of nitrogens with zero attached hydrogens (tertiary/aromatic N) is 1. The van der Waals surface area contributed by atoms with Crippen molar-refractivity contribution in [2.75, 3.05) is 7.11 Å². The molecule has 0 aromatic heterocycles. The lowest BCUT2D eigenvalue weighted by Gasteiger charge is -2.33. The fourth-order valence-corrected chi connectivity index (χ4v) is 2.27. The van der Waals surface area contributed by atoms with Crippen LogP contribution in [0.4, 0.5) is 0 Å². The van der Waals surface area contributed by atoms with E-state index in [1.165, 1.54) is 18.4 Å². The van der Waals surface area contributed by atoms with E-state index in [-0.39, 0.29) is 0 Å². The van der Waals surface area contributed by atoms with Gasteiger partial charge < -0.3 is 10.1 Å². The third-order valence-corrected chi connectivity index (χ3v) is 3.36. The van der Waals surface area contributed by atoms with Crippen molar-refractivity contribution in [3.8, 4) is 11.8 Å². The molecule has 1 aromatic carbocycles. The Balaban J connectivity index is 1.95. The summed E-state index contributed by atoms with van der Waals surface area (Å²) < 4.78 is 5.19. The quantitative estimate of drug-likeness (QED) is 0.864. The maximum atomic E-state index is 8.89. The number of nitriles is 1. The van der Waals surface area contributed by atoms with E-state index in [4.69, 9.17) is 10.00 Å². The highest BCUT2D eigenvalue weighted by atomic mass is 16.5. The lowest BCUT2D eigenvalue weighted by Crippen LogP contribution is -2.39. The molecule has 0 heterocycles. The number of methoxy groups -OCH3 is 1. The average molecular weight is 230 g/mol. The standard InChI is InChI=1S/C14H18N2O/c1-10-5-13(6-10)16-9-11-3-4-12(8-15)14(7-11)17-2/h3-4,7,10,13,16H,5-6,9H2,1-2H3. The normalized spacial score (nSPS) is 22.6. The summed E-state index contributed by atoms with van der Waals surface area (Å²) in [5.41, 5.74) is 1.76. The molecular formula is C14H18N2O. The smallest absolute Gasteiger partial charge is 0.136 e. The molecule has 17 heavy (non-hydrogen) atoms. The van der Waals surface area contributed by atoms with E-state index in [9.17, 15) is 0 Å². The second-order valence-electron chi connectivity index (χ2n) is 4.80. The molecule has 1 saturated carbocycles. The molecule has 1 fully saturated rings. The lowest BCUT2D eigenvalue weighted by atomic mass is 9.82. The summed E-state index contributed by atoms with van der Waals surface area (Å²) in [6.45, 7) is 3.13. The van der Waals surface area contributed by atoms with Crippen molar-refractivity contribution in [3.63, 3.8) is 0 Å². The van der Waals surface area contributed by atoms with Crippen LogP contribution in [0.1, 0.15) is 30.9 Å². The minimum atomic E-state index is 0.591. The van der Waals surface area contributed by atoms with Crippen molar-refractivity contribution in [2.45, 2.75) is 32.4 Å². The molecule has 90 valence electrons. The van der Waals surface area contributed by atoms with Crippen molar-refractivity contribution >= 4 is 0 Å². The Morgan fingerprint density at radius 2 is 2.24 bits per heavy atom. The van der Waals surface area contributed by atoms with Crippen LogP contribution in [0.2, 0.25) is 0 Å². The molecule has 0 radical (unpaired) electrons. The summed E-state index contributed by atoms with van der Waals surface area (Å²) in [5, 5.41) is 12.4. The average Bonchev–Trinajstić information content (AvgIpc) is 2.32. The van der Waals surface area contributed by atoms with Gasteiger partial charge in [-0.3, -0.25) is 0 Å². The fraction of sp³-hybridized carbons (Fsp3) is 0.500. The Labute approximate surface area is 102 Å². The predicted octanol–water partition coefficient (Wildman–Crippen LogP) is 2.45. The second kappa shape index (κ2) is 5.20. The van der Waals surface area contributed by atoms with Gasteiger partial charge in [-0.05, 0) is 36.5 Å². The van der Waals surface area contributed by atoms with Crippen LogP contribution in [0.15, 0.2) is 18.2 Å². The van der Waals surface area contributed by atoms with E-state index in [1.54, 1.807) is 7.11 Å². The summed E-state index contributed by atoms with van der Waals surface area (Å²) in [6, 6.07) is 8.52. The first-order valence-electron chi connectivity index (χ1n) is 6.03. The number of ether oxygens (including phenoxy) is 1. The van der Waals surface area contributed by atoms with E-state index in [0.29, 0.717) is 17.4 Å². The molecule has 0 atom stereocenters. The van der Waals surface area contributed by atoms with Gasteiger partial charge >= 0.3 is 0 Å². The Morgan fingerprint density at radius 1 is 1.47 bits per heavy atom. The highest BCUT2D eigenvalue weighted by Gasteiger charge is 2.24. The van der Waals surface area contributed by atoms with Gasteiger partial charge in [0.1, 0.15) is 11.8 Å². The number of hydrogen-bond acceptors (Lipinski definition) is 3. The van der Waals surface area contributed by atoms with E-state index in [1.807, 2.05) is 18.2 Å². The molecule has 0 saturated heterocycles. The molecule has 0 amide bonds. The van der Waals surface area contributed by atoms with Gasteiger partial charge in [0.25, 0.3) is 0 Å². The topological polar surface area (TPSA) is 45.0 Å². The van der Waals surface area contributed by atoms with Gasteiger partial charge in [0, 0.05) is 12.6 Å². The molecule has 0 unspecified atom stereocenters. The largest absolute Gasteiger partial charge is 0.495 e. The van der Waals surface area contributed by atoms with Gasteiger partial charge in [-0.1, -0.05) is 13.0 Å². The third-order valence-electron chi connectivity index (χ3n) is 3.36. The highest BCUT2D eigenvalue weighted by Crippen LogP contribution is 2.27. The number of rotatable bonds is 4. The third kappa shape index (κ3) is 2.78. The van der Waals surface area contributed by atoms with Crippen LogP contribution in [0, 0.1) is 17.2 Å². The summed E-state index contributed by atoms with van der Waals surface area (Å²) in [6.07, 6.45) is 2.54. The first kappa shape index (κ1) is 11.9. The Bertz CT molecular complexity index is 430. The minimum absolute atomic E-state index is 0.591. The zero-order chi connectivity index (χ0) is 12.3. The Morgan fingerprint density at radius 3 is 2.82 bits per heavy atom. The molecule has 3 heteroatoms. The van der Waals surface area contributed by atoms with Crippen molar-refractivity contribution < 1.29 is 4.74 Å². The van der Waals surface area contributed by atoms with Gasteiger partial charge in [-0.25, -0.2) is 0 Å². The first-order valence-corrected chi connectivity index (χ1v) is 6.03. The molecule has 3 nitrogen and oxygen atoms in total. The summed E-state index contributed by atoms with van der Waals surface area (Å²) in [7, 11) is 1.60. The Kier molecular flexibility index (Phi) is 3.65. The molecule has 1 N–H and O–H groups in total. The van der Waals surface area contributed by atoms with Crippen molar-refractivity contribution in [3.05, 3.63) is 29.3 Å². The van der Waals surface area contributed by atoms with Crippen LogP contribution in [0.5, 0.6) is 5.75 Å². The summed E-state index contributed by atoms with van der Waals surface area (Å²) in [4.78, 5) is 0. The van der Waals surface area contributed by atoms with Gasteiger partial charge in [-0.2, -0.15) is 5.26 Å². The summed E-state index contributed by atoms with van der Waals surface area (Å²) in [5.74, 6) is 1.52. The highest BCUT2D eigenvalue weighted by molar-refractivity contribution is 5.45. The minimum Gasteiger partial charge on any atom is -0.495 e. The molecule has 1 aliphatic carbocycles. The van der Waals surface area contributed by atoms with E-state index < -0.39 is 0 Å². The van der Waals surface area contributed by atoms with Crippen LogP contribution in [-0.4, -0.2) is 13.2 Å². The predicted molar refractivity (Wildman–Crippen MR) is 66.7 cm³/mol. The van der Waals surface area contributed by atoms with Gasteiger partial charge in [-0.15, -0.1) is 0 Å². The monoisotopic (exact) mass is 230 g/mol. The molecular weight excluding hydrogens is 212 g/mol. The molecule has 0 aliphatic heterocycles. The number of nitrogens with one attached hydrogen (secondary N) is 1. The van der Waals surface area contributed by atoms with Gasteiger partial charge in [0.05, 0.1) is 12.7 Å². The van der Waals surface area contributed by atoms with E-state index >= 15 is 0 Å². The maximum Gasteiger partial charge on any atom is 0.136 e. The van der Waals surface area contributed by atoms with Crippen molar-refractivity contribution in [2.24, 2.45) is 5.92 Å². The van der Waals surface area contributed by atoms with E-state index in [2.05, 4.69) is 18.3 Å². The van der Waals surface area contributed by atoms with Gasteiger partial charge in [0.15, 0.2) is 0 Å². The molecule has 2 rings (SSSR count). The summed E-state index contributed by atoms with van der Waals surface area (Å²) >= 11 is 0. The molecule has 1 aromatic rings. The maximum absolute atomic E-state index is 8.89. The molecule has 0 bridgehead atoms. The fourth-order valence-electron chi connectivity index (χ4n) is 2.27. The zero-order valence-electron chi connectivity index (χ0n) is 10.4. The van der Waals surface area contributed by atoms with Crippen LogP contribution in [0.3, 0.4) is 0 Å². The molecule has 1 aliphatic rings. The molecule has 0 spiro atoms. The van der Waals surface area contributed by atoms with Crippen LogP contribution in [0.25, 0.3) is 0 Å². The Hall–Kier alpha value is -1.53. The van der Waals surface area contributed by atoms with Crippen LogP contribution < -0.4 is 10.1 Å². The van der Waals surface area contributed by atoms with Gasteiger partial charge in [0.2, 0.25) is 0 Å². The SMILES string of the molecule is COc1cc(CNC2CC(C)C2)ccc1C#N. The lowest BCUT2D eigenvalue weighted by molar-refractivity contribution is 0.240. The van der Waals surface area contributed by atoms with Crippen molar-refractivity contribution in [1.29, 1.82) is 5.26 Å². The number of benzene rings is 1. The van der Waals surface area contributed by atoms with Crippen molar-refractivity contribution in [1.82, 2.24) is 5.32 Å². The van der Waals surface area contributed by atoms with Crippen LogP contribution in [-0.2, 0) is 6.54 Å². The van der Waals surface area contributed by atoms with Crippen LogP contribution >= 0.6 is 0 Å².